The monoisotopic (exact) mass is 355 g/mol. The highest BCUT2D eigenvalue weighted by molar-refractivity contribution is 7.16. The molecule has 1 saturated heterocycles. The van der Waals surface area contributed by atoms with E-state index in [1.165, 1.54) is 15.3 Å². The predicted molar refractivity (Wildman–Crippen MR) is 92.2 cm³/mol. The minimum atomic E-state index is -0.664. The second-order valence-electron chi connectivity index (χ2n) is 5.66. The summed E-state index contributed by atoms with van der Waals surface area (Å²) in [7, 11) is 0. The Kier molecular flexibility index (Phi) is 4.88. The summed E-state index contributed by atoms with van der Waals surface area (Å²) in [5.74, 6) is -0.865. The number of hydrogen-bond donors (Lipinski definition) is 1. The lowest BCUT2D eigenvalue weighted by Crippen LogP contribution is -2.38. The van der Waals surface area contributed by atoms with Crippen molar-refractivity contribution in [2.45, 2.75) is 25.8 Å². The highest BCUT2D eigenvalue weighted by atomic mass is 35.5. The van der Waals surface area contributed by atoms with Crippen molar-refractivity contribution in [2.75, 3.05) is 13.1 Å². The van der Waals surface area contributed by atoms with Gasteiger partial charge in [0.2, 0.25) is 0 Å². The average molecular weight is 356 g/mol. The van der Waals surface area contributed by atoms with Gasteiger partial charge in [-0.3, -0.25) is 9.69 Å². The van der Waals surface area contributed by atoms with Crippen molar-refractivity contribution < 1.29 is 9.90 Å². The third kappa shape index (κ3) is 3.23. The first-order valence-corrected chi connectivity index (χ1v) is 9.39. The largest absolute Gasteiger partial charge is 0.481 e. The fourth-order valence-electron chi connectivity index (χ4n) is 3.02. The van der Waals surface area contributed by atoms with Crippen LogP contribution in [0.1, 0.15) is 34.2 Å². The van der Waals surface area contributed by atoms with Gasteiger partial charge in [-0.1, -0.05) is 11.6 Å². The molecule has 1 aliphatic rings. The van der Waals surface area contributed by atoms with Gasteiger partial charge in [0.15, 0.2) is 0 Å². The van der Waals surface area contributed by atoms with E-state index >= 15 is 0 Å². The first kappa shape index (κ1) is 16.0. The second kappa shape index (κ2) is 6.71. The molecule has 3 rings (SSSR count). The second-order valence-corrected chi connectivity index (χ2v) is 8.36. The maximum Gasteiger partial charge on any atom is 0.306 e. The number of aliphatic carboxylic acids is 1. The van der Waals surface area contributed by atoms with Gasteiger partial charge >= 0.3 is 5.97 Å². The number of carboxylic acids is 1. The summed E-state index contributed by atoms with van der Waals surface area (Å²) < 4.78 is 0.801. The van der Waals surface area contributed by atoms with Crippen molar-refractivity contribution in [1.82, 2.24) is 4.90 Å². The topological polar surface area (TPSA) is 40.5 Å². The molecule has 0 radical (unpaired) electrons. The third-order valence-electron chi connectivity index (χ3n) is 4.26. The Morgan fingerprint density at radius 2 is 2.09 bits per heavy atom. The predicted octanol–water partition coefficient (Wildman–Crippen LogP) is 4.66. The SMILES string of the molecule is Cc1ccsc1C(c1ccc(Cl)s1)N1CCC(C(=O)O)CC1. The number of hydrogen-bond acceptors (Lipinski definition) is 4. The zero-order chi connectivity index (χ0) is 15.7. The van der Waals surface area contributed by atoms with Crippen LogP contribution in [0.15, 0.2) is 23.6 Å². The lowest BCUT2D eigenvalue weighted by molar-refractivity contribution is -0.143. The van der Waals surface area contributed by atoms with Crippen molar-refractivity contribution >= 4 is 40.2 Å². The van der Waals surface area contributed by atoms with Gasteiger partial charge in [0, 0.05) is 9.75 Å². The van der Waals surface area contributed by atoms with Crippen LogP contribution in [0.5, 0.6) is 0 Å². The summed E-state index contributed by atoms with van der Waals surface area (Å²) in [6.45, 7) is 3.76. The Bertz CT molecular complexity index is 659. The molecule has 6 heteroatoms. The molecule has 0 amide bonds. The molecular formula is C16H18ClNO2S2. The fourth-order valence-corrected chi connectivity index (χ4v) is 5.38. The van der Waals surface area contributed by atoms with Crippen molar-refractivity contribution in [3.8, 4) is 0 Å². The first-order valence-electron chi connectivity index (χ1n) is 7.32. The maximum absolute atomic E-state index is 11.2. The number of rotatable bonds is 4. The molecule has 1 N–H and O–H groups in total. The molecule has 3 heterocycles. The molecule has 0 aromatic carbocycles. The zero-order valence-electron chi connectivity index (χ0n) is 12.3. The molecule has 2 aromatic rings. The highest BCUT2D eigenvalue weighted by Crippen LogP contribution is 2.40. The summed E-state index contributed by atoms with van der Waals surface area (Å²) in [6, 6.07) is 6.39. The first-order chi connectivity index (χ1) is 10.6. The van der Waals surface area contributed by atoms with E-state index in [0.29, 0.717) is 0 Å². The molecule has 1 unspecified atom stereocenters. The van der Waals surface area contributed by atoms with Crippen molar-refractivity contribution in [3.05, 3.63) is 43.2 Å². The van der Waals surface area contributed by atoms with E-state index in [-0.39, 0.29) is 12.0 Å². The van der Waals surface area contributed by atoms with E-state index in [1.807, 2.05) is 6.07 Å². The van der Waals surface area contributed by atoms with Gasteiger partial charge in [0.05, 0.1) is 16.3 Å². The number of halogens is 1. The molecular weight excluding hydrogens is 338 g/mol. The van der Waals surface area contributed by atoms with Crippen molar-refractivity contribution in [2.24, 2.45) is 5.92 Å². The quantitative estimate of drug-likeness (QED) is 0.867. The molecule has 22 heavy (non-hydrogen) atoms. The summed E-state index contributed by atoms with van der Waals surface area (Å²) >= 11 is 9.52. The zero-order valence-corrected chi connectivity index (χ0v) is 14.7. The van der Waals surface area contributed by atoms with E-state index < -0.39 is 5.97 Å². The Labute approximate surface area is 143 Å². The Morgan fingerprint density at radius 3 is 2.59 bits per heavy atom. The molecule has 0 bridgehead atoms. The Hall–Kier alpha value is -0.880. The van der Waals surface area contributed by atoms with Crippen LogP contribution in [0, 0.1) is 12.8 Å². The molecule has 118 valence electrons. The summed E-state index contributed by atoms with van der Waals surface area (Å²) in [6.07, 6.45) is 1.44. The van der Waals surface area contributed by atoms with Gasteiger partial charge in [-0.25, -0.2) is 0 Å². The van der Waals surface area contributed by atoms with Gasteiger partial charge in [-0.15, -0.1) is 22.7 Å². The van der Waals surface area contributed by atoms with Gasteiger partial charge < -0.3 is 5.11 Å². The number of carbonyl (C=O) groups is 1. The van der Waals surface area contributed by atoms with E-state index in [9.17, 15) is 9.90 Å². The van der Waals surface area contributed by atoms with E-state index in [4.69, 9.17) is 11.6 Å². The summed E-state index contributed by atoms with van der Waals surface area (Å²) in [5, 5.41) is 11.3. The van der Waals surface area contributed by atoms with Crippen LogP contribution in [0.3, 0.4) is 0 Å². The van der Waals surface area contributed by atoms with Gasteiger partial charge in [0.1, 0.15) is 0 Å². The number of nitrogens with zero attached hydrogens (tertiary/aromatic N) is 1. The third-order valence-corrected chi connectivity index (χ3v) is 6.61. The van der Waals surface area contributed by atoms with Crippen molar-refractivity contribution in [1.29, 1.82) is 0 Å². The maximum atomic E-state index is 11.2. The number of carboxylic acid groups (broad SMARTS) is 1. The van der Waals surface area contributed by atoms with Gasteiger partial charge in [-0.2, -0.15) is 0 Å². The minimum Gasteiger partial charge on any atom is -0.481 e. The standard InChI is InChI=1S/C16H18ClNO2S2/c1-10-6-9-21-15(10)14(12-2-3-13(17)22-12)18-7-4-11(5-8-18)16(19)20/h2-3,6,9,11,14H,4-5,7-8H2,1H3,(H,19,20). The Balaban J connectivity index is 1.87. The van der Waals surface area contributed by atoms with E-state index in [1.54, 1.807) is 22.7 Å². The van der Waals surface area contributed by atoms with Crippen LogP contribution in [-0.4, -0.2) is 29.1 Å². The molecule has 1 fully saturated rings. The number of thiophene rings is 2. The summed E-state index contributed by atoms with van der Waals surface area (Å²) in [4.78, 5) is 16.1. The molecule has 1 atom stereocenters. The molecule has 0 aliphatic carbocycles. The number of likely N-dealkylation sites (tertiary alicyclic amines) is 1. The lowest BCUT2D eigenvalue weighted by atomic mass is 9.95. The van der Waals surface area contributed by atoms with Crippen LogP contribution in [0.2, 0.25) is 4.34 Å². The van der Waals surface area contributed by atoms with Crippen LogP contribution in [0.4, 0.5) is 0 Å². The number of piperidine rings is 1. The molecule has 0 spiro atoms. The van der Waals surface area contributed by atoms with E-state index in [0.717, 1.165) is 30.3 Å². The van der Waals surface area contributed by atoms with Crippen LogP contribution < -0.4 is 0 Å². The molecule has 2 aromatic heterocycles. The minimum absolute atomic E-state index is 0.201. The normalized spacial score (nSPS) is 18.5. The molecule has 3 nitrogen and oxygen atoms in total. The van der Waals surface area contributed by atoms with Crippen LogP contribution in [0.25, 0.3) is 0 Å². The summed E-state index contributed by atoms with van der Waals surface area (Å²) in [5.41, 5.74) is 1.29. The Morgan fingerprint density at radius 1 is 1.36 bits per heavy atom. The van der Waals surface area contributed by atoms with E-state index in [2.05, 4.69) is 29.3 Å². The van der Waals surface area contributed by atoms with Gasteiger partial charge in [0.25, 0.3) is 0 Å². The fraction of sp³-hybridized carbons (Fsp3) is 0.438. The smallest absolute Gasteiger partial charge is 0.306 e. The van der Waals surface area contributed by atoms with Crippen molar-refractivity contribution in [3.63, 3.8) is 0 Å². The lowest BCUT2D eigenvalue weighted by Gasteiger charge is -2.36. The molecule has 1 aliphatic heterocycles. The van der Waals surface area contributed by atoms with Crippen LogP contribution >= 0.6 is 34.3 Å². The number of aryl methyl sites for hydroxylation is 1. The van der Waals surface area contributed by atoms with Gasteiger partial charge in [-0.05, 0) is 62.0 Å². The van der Waals surface area contributed by atoms with Crippen LogP contribution in [-0.2, 0) is 4.79 Å². The highest BCUT2D eigenvalue weighted by Gasteiger charge is 2.32. The average Bonchev–Trinajstić information content (AvgIpc) is 3.10. The molecule has 0 saturated carbocycles.